The molecule has 0 saturated carbocycles. The number of rotatable bonds is 3. The lowest BCUT2D eigenvalue weighted by Gasteiger charge is -2.23. The first-order chi connectivity index (χ1) is 7.13. The highest BCUT2D eigenvalue weighted by atomic mass is 16.3. The quantitative estimate of drug-likeness (QED) is 0.804. The Morgan fingerprint density at radius 2 is 2.20 bits per heavy atom. The van der Waals surface area contributed by atoms with Gasteiger partial charge < -0.3 is 14.8 Å². The van der Waals surface area contributed by atoms with E-state index in [9.17, 15) is 5.11 Å². The molecule has 1 atom stereocenters. The normalized spacial score (nSPS) is 15.4. The van der Waals surface area contributed by atoms with Gasteiger partial charge in [-0.15, -0.1) is 0 Å². The summed E-state index contributed by atoms with van der Waals surface area (Å²) in [6, 6.07) is 7.63. The molecule has 1 aromatic heterocycles. The zero-order valence-electron chi connectivity index (χ0n) is 8.95. The van der Waals surface area contributed by atoms with Crippen molar-refractivity contribution in [2.24, 2.45) is 0 Å². The maximum absolute atomic E-state index is 10.2. The monoisotopic (exact) mass is 205 g/mol. The molecule has 0 aliphatic rings. The van der Waals surface area contributed by atoms with Crippen LogP contribution in [0.5, 0.6) is 0 Å². The third kappa shape index (κ3) is 1.89. The predicted molar refractivity (Wildman–Crippen MR) is 59.7 cm³/mol. The Kier molecular flexibility index (Phi) is 2.50. The first-order valence-electron chi connectivity index (χ1n) is 4.98. The Morgan fingerprint density at radius 1 is 1.40 bits per heavy atom. The van der Waals surface area contributed by atoms with Gasteiger partial charge in [0.25, 0.3) is 0 Å². The standard InChI is InChI=1S/C12H15NO2/c1-12(14,8-13-2)10-3-4-11-9(7-10)5-6-15-11/h3-7,13-14H,8H2,1-2H3. The SMILES string of the molecule is CNCC(C)(O)c1ccc2occc2c1. The van der Waals surface area contributed by atoms with E-state index < -0.39 is 5.60 Å². The molecule has 3 nitrogen and oxygen atoms in total. The Morgan fingerprint density at radius 3 is 2.93 bits per heavy atom. The summed E-state index contributed by atoms with van der Waals surface area (Å²) in [6.07, 6.45) is 1.65. The van der Waals surface area contributed by atoms with Gasteiger partial charge in [-0.1, -0.05) is 6.07 Å². The molecule has 0 saturated heterocycles. The molecule has 0 amide bonds. The highest BCUT2D eigenvalue weighted by molar-refractivity contribution is 5.77. The van der Waals surface area contributed by atoms with Crippen LogP contribution < -0.4 is 5.32 Å². The zero-order chi connectivity index (χ0) is 10.9. The van der Waals surface area contributed by atoms with Crippen molar-refractivity contribution in [1.82, 2.24) is 5.32 Å². The topological polar surface area (TPSA) is 45.4 Å². The van der Waals surface area contributed by atoms with Crippen molar-refractivity contribution < 1.29 is 9.52 Å². The minimum Gasteiger partial charge on any atom is -0.464 e. The second kappa shape index (κ2) is 3.68. The van der Waals surface area contributed by atoms with E-state index in [4.69, 9.17) is 4.42 Å². The van der Waals surface area contributed by atoms with E-state index in [1.54, 1.807) is 13.2 Å². The average molecular weight is 205 g/mol. The van der Waals surface area contributed by atoms with Crippen molar-refractivity contribution in [2.45, 2.75) is 12.5 Å². The number of aliphatic hydroxyl groups is 1. The second-order valence-electron chi connectivity index (χ2n) is 3.98. The predicted octanol–water partition coefficient (Wildman–Crippen LogP) is 1.86. The van der Waals surface area contributed by atoms with E-state index in [2.05, 4.69) is 5.32 Å². The van der Waals surface area contributed by atoms with Crippen molar-refractivity contribution in [3.8, 4) is 0 Å². The smallest absolute Gasteiger partial charge is 0.133 e. The van der Waals surface area contributed by atoms with Crippen LogP contribution in [0.3, 0.4) is 0 Å². The van der Waals surface area contributed by atoms with Crippen LogP contribution >= 0.6 is 0 Å². The van der Waals surface area contributed by atoms with E-state index in [-0.39, 0.29) is 0 Å². The van der Waals surface area contributed by atoms with Crippen LogP contribution in [0, 0.1) is 0 Å². The molecular formula is C12H15NO2. The molecule has 15 heavy (non-hydrogen) atoms. The highest BCUT2D eigenvalue weighted by Gasteiger charge is 2.22. The van der Waals surface area contributed by atoms with Crippen molar-refractivity contribution in [2.75, 3.05) is 13.6 Å². The van der Waals surface area contributed by atoms with Gasteiger partial charge in [-0.25, -0.2) is 0 Å². The molecule has 0 radical (unpaired) electrons. The highest BCUT2D eigenvalue weighted by Crippen LogP contribution is 2.24. The lowest BCUT2D eigenvalue weighted by atomic mass is 9.95. The summed E-state index contributed by atoms with van der Waals surface area (Å²) in [5.74, 6) is 0. The molecule has 0 aliphatic heterocycles. The number of furan rings is 1. The molecule has 80 valence electrons. The molecule has 0 aliphatic carbocycles. The van der Waals surface area contributed by atoms with Gasteiger partial charge in [0.1, 0.15) is 5.58 Å². The minimum atomic E-state index is -0.847. The molecular weight excluding hydrogens is 190 g/mol. The van der Waals surface area contributed by atoms with Crippen molar-refractivity contribution in [3.63, 3.8) is 0 Å². The van der Waals surface area contributed by atoms with Gasteiger partial charge >= 0.3 is 0 Å². The van der Waals surface area contributed by atoms with Gasteiger partial charge in [0.05, 0.1) is 11.9 Å². The molecule has 0 fully saturated rings. The Labute approximate surface area is 88.7 Å². The lowest BCUT2D eigenvalue weighted by molar-refractivity contribution is 0.0593. The number of benzene rings is 1. The Hall–Kier alpha value is -1.32. The average Bonchev–Trinajstić information content (AvgIpc) is 2.63. The van der Waals surface area contributed by atoms with Crippen molar-refractivity contribution >= 4 is 11.0 Å². The Balaban J connectivity index is 2.42. The molecule has 1 heterocycles. The summed E-state index contributed by atoms with van der Waals surface area (Å²) in [5.41, 5.74) is 0.894. The molecule has 1 unspecified atom stereocenters. The van der Waals surface area contributed by atoms with Gasteiger partial charge in [-0.05, 0) is 37.7 Å². The van der Waals surface area contributed by atoms with Crippen LogP contribution in [0.4, 0.5) is 0 Å². The summed E-state index contributed by atoms with van der Waals surface area (Å²) in [4.78, 5) is 0. The van der Waals surface area contributed by atoms with E-state index in [1.807, 2.05) is 31.3 Å². The molecule has 0 spiro atoms. The van der Waals surface area contributed by atoms with Crippen molar-refractivity contribution in [3.05, 3.63) is 36.1 Å². The van der Waals surface area contributed by atoms with Crippen molar-refractivity contribution in [1.29, 1.82) is 0 Å². The third-order valence-corrected chi connectivity index (χ3v) is 2.60. The van der Waals surface area contributed by atoms with Crippen LogP contribution in [0.15, 0.2) is 34.9 Å². The fraction of sp³-hybridized carbons (Fsp3) is 0.333. The maximum atomic E-state index is 10.2. The number of nitrogens with one attached hydrogen (secondary N) is 1. The van der Waals surface area contributed by atoms with Gasteiger partial charge in [0, 0.05) is 11.9 Å². The fourth-order valence-electron chi connectivity index (χ4n) is 1.75. The zero-order valence-corrected chi connectivity index (χ0v) is 8.95. The van der Waals surface area contributed by atoms with E-state index in [0.717, 1.165) is 16.5 Å². The van der Waals surface area contributed by atoms with Gasteiger partial charge in [-0.2, -0.15) is 0 Å². The van der Waals surface area contributed by atoms with Gasteiger partial charge in [0.2, 0.25) is 0 Å². The first kappa shape index (κ1) is 10.2. The summed E-state index contributed by atoms with van der Waals surface area (Å²) >= 11 is 0. The first-order valence-corrected chi connectivity index (χ1v) is 4.98. The fourth-order valence-corrected chi connectivity index (χ4v) is 1.75. The van der Waals surface area contributed by atoms with Crippen LogP contribution in [0.1, 0.15) is 12.5 Å². The van der Waals surface area contributed by atoms with E-state index >= 15 is 0 Å². The van der Waals surface area contributed by atoms with Crippen LogP contribution in [-0.2, 0) is 5.60 Å². The van der Waals surface area contributed by atoms with E-state index in [0.29, 0.717) is 6.54 Å². The Bertz CT molecular complexity index is 459. The molecule has 2 N–H and O–H groups in total. The summed E-state index contributed by atoms with van der Waals surface area (Å²) in [7, 11) is 1.82. The molecule has 2 rings (SSSR count). The summed E-state index contributed by atoms with van der Waals surface area (Å²) in [5, 5.41) is 14.2. The molecule has 0 bridgehead atoms. The number of hydrogen-bond acceptors (Lipinski definition) is 3. The largest absolute Gasteiger partial charge is 0.464 e. The molecule has 2 aromatic rings. The van der Waals surface area contributed by atoms with E-state index in [1.165, 1.54) is 0 Å². The number of fused-ring (bicyclic) bond motifs is 1. The van der Waals surface area contributed by atoms with Gasteiger partial charge in [-0.3, -0.25) is 0 Å². The van der Waals surface area contributed by atoms with Crippen LogP contribution in [-0.4, -0.2) is 18.7 Å². The summed E-state index contributed by atoms with van der Waals surface area (Å²) < 4.78 is 5.25. The minimum absolute atomic E-state index is 0.524. The van der Waals surface area contributed by atoms with Gasteiger partial charge in [0.15, 0.2) is 0 Å². The maximum Gasteiger partial charge on any atom is 0.133 e. The second-order valence-corrected chi connectivity index (χ2v) is 3.98. The van der Waals surface area contributed by atoms with Crippen LogP contribution in [0.2, 0.25) is 0 Å². The third-order valence-electron chi connectivity index (χ3n) is 2.60. The summed E-state index contributed by atoms with van der Waals surface area (Å²) in [6.45, 7) is 2.32. The number of hydrogen-bond donors (Lipinski definition) is 2. The lowest BCUT2D eigenvalue weighted by Crippen LogP contribution is -2.33. The molecule has 1 aromatic carbocycles. The number of likely N-dealkylation sites (N-methyl/N-ethyl adjacent to an activating group) is 1. The van der Waals surface area contributed by atoms with Crippen LogP contribution in [0.25, 0.3) is 11.0 Å². The molecule has 3 heteroatoms.